The van der Waals surface area contributed by atoms with Crippen LogP contribution < -0.4 is 14.8 Å². The van der Waals surface area contributed by atoms with Gasteiger partial charge in [-0.05, 0) is 39.0 Å². The van der Waals surface area contributed by atoms with Gasteiger partial charge in [0.2, 0.25) is 0 Å². The maximum absolute atomic E-state index is 12.3. The predicted octanol–water partition coefficient (Wildman–Crippen LogP) is 5.77. The average molecular weight is 420 g/mol. The van der Waals surface area contributed by atoms with Gasteiger partial charge < -0.3 is 14.2 Å². The van der Waals surface area contributed by atoms with Crippen LogP contribution in [0.1, 0.15) is 20.8 Å². The summed E-state index contributed by atoms with van der Waals surface area (Å²) in [5.74, 6) is -0.502. The van der Waals surface area contributed by atoms with Crippen molar-refractivity contribution in [1.29, 1.82) is 0 Å². The van der Waals surface area contributed by atoms with Crippen LogP contribution in [0, 0.1) is 0 Å². The number of hydrogen-bond donors (Lipinski definition) is 1. The van der Waals surface area contributed by atoms with E-state index >= 15 is 0 Å². The van der Waals surface area contributed by atoms with E-state index in [0.717, 1.165) is 11.6 Å². The largest absolute Gasteiger partial charge is 0.573 e. The summed E-state index contributed by atoms with van der Waals surface area (Å²) in [6.45, 7) is 8.75. The molecule has 1 aromatic carbocycles. The summed E-state index contributed by atoms with van der Waals surface area (Å²) in [4.78, 5) is 11.9. The number of carbonyl (C=O) groups is 1. The third kappa shape index (κ3) is 9.36. The van der Waals surface area contributed by atoms with Crippen molar-refractivity contribution < 1.29 is 32.2 Å². The van der Waals surface area contributed by atoms with Gasteiger partial charge in [-0.1, -0.05) is 35.9 Å². The monoisotopic (exact) mass is 419 g/mol. The highest BCUT2D eigenvalue weighted by molar-refractivity contribution is 6.32. The van der Waals surface area contributed by atoms with Crippen molar-refractivity contribution in [2.75, 3.05) is 6.61 Å². The molecule has 28 heavy (non-hydrogen) atoms. The molecule has 0 spiro atoms. The highest BCUT2D eigenvalue weighted by Crippen LogP contribution is 2.33. The van der Waals surface area contributed by atoms with E-state index in [1.165, 1.54) is 12.1 Å². The Morgan fingerprint density at radius 1 is 1.36 bits per heavy atom. The van der Waals surface area contributed by atoms with E-state index in [1.54, 1.807) is 32.1 Å². The quantitative estimate of drug-likeness (QED) is 0.543. The molecule has 154 valence electrons. The fourth-order valence-electron chi connectivity index (χ4n) is 1.80. The van der Waals surface area contributed by atoms with Crippen LogP contribution >= 0.6 is 11.6 Å². The zero-order chi connectivity index (χ0) is 21.3. The van der Waals surface area contributed by atoms with Gasteiger partial charge in [-0.25, -0.2) is 4.79 Å². The number of benzene rings is 1. The standard InChI is InChI=1S/C19H21ClF3NO4/c1-5-14(7-6-12(2)3)24-18(25)27-13(4)11-26-15-8-9-16(20)17(10-15)28-19(21,22)23/h5-10,13H,2,11H2,1,3-4H3,(H,24,25)/b7-6-,14-5+. The highest BCUT2D eigenvalue weighted by Gasteiger charge is 2.32. The first-order valence-electron chi connectivity index (χ1n) is 8.15. The van der Waals surface area contributed by atoms with Gasteiger partial charge in [0, 0.05) is 11.8 Å². The second kappa shape index (κ2) is 10.7. The molecule has 0 heterocycles. The lowest BCUT2D eigenvalue weighted by molar-refractivity contribution is -0.274. The summed E-state index contributed by atoms with van der Waals surface area (Å²) in [6, 6.07) is 3.59. The fraction of sp³-hybridized carbons (Fsp3) is 0.316. The molecular formula is C19H21ClF3NO4. The van der Waals surface area contributed by atoms with E-state index in [9.17, 15) is 18.0 Å². The van der Waals surface area contributed by atoms with Gasteiger partial charge in [-0.3, -0.25) is 5.32 Å². The van der Waals surface area contributed by atoms with Gasteiger partial charge in [0.15, 0.2) is 5.75 Å². The normalized spacial score (nSPS) is 13.2. The number of nitrogens with one attached hydrogen (secondary N) is 1. The Kier molecular flexibility index (Phi) is 8.91. The van der Waals surface area contributed by atoms with E-state index in [0.29, 0.717) is 5.70 Å². The van der Waals surface area contributed by atoms with Crippen molar-refractivity contribution in [3.8, 4) is 11.5 Å². The fourth-order valence-corrected chi connectivity index (χ4v) is 1.95. The van der Waals surface area contributed by atoms with Gasteiger partial charge in [0.1, 0.15) is 18.5 Å². The van der Waals surface area contributed by atoms with Crippen LogP contribution in [0.5, 0.6) is 11.5 Å². The highest BCUT2D eigenvalue weighted by atomic mass is 35.5. The molecule has 0 fully saturated rings. The maximum Gasteiger partial charge on any atom is 0.573 e. The molecule has 0 aliphatic carbocycles. The average Bonchev–Trinajstić information content (AvgIpc) is 2.57. The summed E-state index contributed by atoms with van der Waals surface area (Å²) in [5.41, 5.74) is 1.33. The number of amides is 1. The van der Waals surface area contributed by atoms with Crippen LogP contribution in [0.4, 0.5) is 18.0 Å². The van der Waals surface area contributed by atoms with Crippen molar-refractivity contribution in [2.24, 2.45) is 0 Å². The molecule has 1 N–H and O–H groups in total. The summed E-state index contributed by atoms with van der Waals surface area (Å²) in [6.07, 6.45) is -1.18. The van der Waals surface area contributed by atoms with Crippen LogP contribution in [-0.4, -0.2) is 25.2 Å². The number of carbonyl (C=O) groups excluding carboxylic acids is 1. The molecule has 0 aliphatic heterocycles. The predicted molar refractivity (Wildman–Crippen MR) is 100 cm³/mol. The topological polar surface area (TPSA) is 56.8 Å². The number of rotatable bonds is 8. The zero-order valence-corrected chi connectivity index (χ0v) is 16.4. The summed E-state index contributed by atoms with van der Waals surface area (Å²) in [7, 11) is 0. The molecule has 0 saturated carbocycles. The van der Waals surface area contributed by atoms with Crippen molar-refractivity contribution in [1.82, 2.24) is 5.32 Å². The molecule has 1 amide bonds. The lowest BCUT2D eigenvalue weighted by Crippen LogP contribution is -2.29. The number of alkyl carbamates (subject to hydrolysis) is 1. The smallest absolute Gasteiger partial charge is 0.490 e. The number of ether oxygens (including phenoxy) is 3. The Hall–Kier alpha value is -2.61. The minimum atomic E-state index is -4.88. The van der Waals surface area contributed by atoms with Crippen molar-refractivity contribution in [2.45, 2.75) is 33.2 Å². The van der Waals surface area contributed by atoms with Crippen LogP contribution in [0.3, 0.4) is 0 Å². The molecule has 9 heteroatoms. The first kappa shape index (κ1) is 23.4. The molecule has 1 unspecified atom stereocenters. The van der Waals surface area contributed by atoms with Gasteiger partial charge >= 0.3 is 12.5 Å². The zero-order valence-electron chi connectivity index (χ0n) is 15.6. The molecule has 1 atom stereocenters. The number of hydrogen-bond acceptors (Lipinski definition) is 4. The molecule has 0 aromatic heterocycles. The summed E-state index contributed by atoms with van der Waals surface area (Å²) >= 11 is 5.67. The van der Waals surface area contributed by atoms with Crippen LogP contribution in [0.25, 0.3) is 0 Å². The van der Waals surface area contributed by atoms with Gasteiger partial charge in [-0.15, -0.1) is 13.2 Å². The summed E-state index contributed by atoms with van der Waals surface area (Å²) < 4.78 is 51.3. The lowest BCUT2D eigenvalue weighted by atomic mass is 10.3. The molecular weight excluding hydrogens is 399 g/mol. The van der Waals surface area contributed by atoms with Gasteiger partial charge in [-0.2, -0.15) is 0 Å². The first-order chi connectivity index (χ1) is 13.0. The van der Waals surface area contributed by atoms with Crippen LogP contribution in [0.2, 0.25) is 5.02 Å². The molecule has 0 aliphatic rings. The summed E-state index contributed by atoms with van der Waals surface area (Å²) in [5, 5.41) is 2.33. The SMILES string of the molecule is C=C(C)/C=C\C(=C/C)NC(=O)OC(C)COc1ccc(Cl)c(OC(F)(F)F)c1. The number of halogens is 4. The Bertz CT molecular complexity index is 760. The molecule has 1 rings (SSSR count). The van der Waals surface area contributed by atoms with E-state index < -0.39 is 24.3 Å². The second-order valence-corrected chi connectivity index (χ2v) is 6.12. The van der Waals surface area contributed by atoms with Gasteiger partial charge in [0.05, 0.1) is 5.02 Å². The van der Waals surface area contributed by atoms with Crippen LogP contribution in [-0.2, 0) is 4.74 Å². The van der Waals surface area contributed by atoms with Crippen molar-refractivity contribution >= 4 is 17.7 Å². The van der Waals surface area contributed by atoms with Gasteiger partial charge in [0.25, 0.3) is 0 Å². The first-order valence-corrected chi connectivity index (χ1v) is 8.53. The Balaban J connectivity index is 2.58. The Morgan fingerprint density at radius 3 is 2.61 bits per heavy atom. The number of alkyl halides is 3. The minimum absolute atomic E-state index is 0.0815. The number of allylic oxidation sites excluding steroid dienone is 4. The van der Waals surface area contributed by atoms with Crippen molar-refractivity contribution in [3.63, 3.8) is 0 Å². The van der Waals surface area contributed by atoms with Crippen molar-refractivity contribution in [3.05, 3.63) is 59.3 Å². The Morgan fingerprint density at radius 2 is 2.04 bits per heavy atom. The molecule has 0 radical (unpaired) electrons. The molecule has 1 aromatic rings. The molecule has 0 saturated heterocycles. The van der Waals surface area contributed by atoms with E-state index in [-0.39, 0.29) is 17.4 Å². The van der Waals surface area contributed by atoms with E-state index in [4.69, 9.17) is 21.1 Å². The third-order valence-electron chi connectivity index (χ3n) is 3.03. The molecule has 5 nitrogen and oxygen atoms in total. The lowest BCUT2D eigenvalue weighted by Gasteiger charge is -2.16. The maximum atomic E-state index is 12.3. The van der Waals surface area contributed by atoms with E-state index in [2.05, 4.69) is 16.6 Å². The Labute approximate surface area is 166 Å². The third-order valence-corrected chi connectivity index (χ3v) is 3.34. The molecule has 0 bridgehead atoms. The van der Waals surface area contributed by atoms with Crippen LogP contribution in [0.15, 0.2) is 54.3 Å². The second-order valence-electron chi connectivity index (χ2n) is 5.72. The minimum Gasteiger partial charge on any atom is -0.490 e. The van der Waals surface area contributed by atoms with E-state index in [1.807, 2.05) is 6.92 Å².